The molecule has 2 aromatic rings. The first-order valence-electron chi connectivity index (χ1n) is 5.28. The van der Waals surface area contributed by atoms with Gasteiger partial charge in [-0.3, -0.25) is 4.68 Å². The fourth-order valence-corrected chi connectivity index (χ4v) is 2.29. The number of aliphatic hydroxyl groups is 1. The molecule has 0 aliphatic heterocycles. The van der Waals surface area contributed by atoms with Gasteiger partial charge in [-0.05, 0) is 33.1 Å². The van der Waals surface area contributed by atoms with Crippen LogP contribution < -0.4 is 0 Å². The van der Waals surface area contributed by atoms with E-state index < -0.39 is 17.7 Å². The van der Waals surface area contributed by atoms with E-state index >= 15 is 0 Å². The number of halogens is 3. The van der Waals surface area contributed by atoms with Crippen LogP contribution in [-0.4, -0.2) is 14.9 Å². The van der Waals surface area contributed by atoms with Gasteiger partial charge in [0.25, 0.3) is 0 Å². The van der Waals surface area contributed by atoms with Gasteiger partial charge in [0, 0.05) is 19.7 Å². The number of rotatable bonds is 3. The van der Waals surface area contributed by atoms with Crippen LogP contribution in [0.15, 0.2) is 29.0 Å². The summed E-state index contributed by atoms with van der Waals surface area (Å²) in [6.07, 6.45) is 2.75. The summed E-state index contributed by atoms with van der Waals surface area (Å²) in [5, 5.41) is 14.0. The van der Waals surface area contributed by atoms with Gasteiger partial charge in [0.2, 0.25) is 0 Å². The number of hydrogen-bond acceptors (Lipinski definition) is 2. The largest absolute Gasteiger partial charge is 0.388 e. The Kier molecular flexibility index (Phi) is 3.77. The third kappa shape index (κ3) is 2.59. The highest BCUT2D eigenvalue weighted by molar-refractivity contribution is 9.10. The Morgan fingerprint density at radius 2 is 2.17 bits per heavy atom. The van der Waals surface area contributed by atoms with Gasteiger partial charge in [-0.15, -0.1) is 0 Å². The van der Waals surface area contributed by atoms with Gasteiger partial charge in [-0.25, -0.2) is 8.78 Å². The molecule has 1 heterocycles. The van der Waals surface area contributed by atoms with E-state index in [0.717, 1.165) is 11.6 Å². The lowest BCUT2D eigenvalue weighted by Gasteiger charge is -2.12. The van der Waals surface area contributed by atoms with Crippen molar-refractivity contribution in [1.29, 1.82) is 0 Å². The van der Waals surface area contributed by atoms with E-state index in [2.05, 4.69) is 21.0 Å². The van der Waals surface area contributed by atoms with Gasteiger partial charge >= 0.3 is 0 Å². The van der Waals surface area contributed by atoms with E-state index in [1.165, 1.54) is 6.07 Å². The minimum atomic E-state index is -0.988. The Balaban J connectivity index is 2.24. The van der Waals surface area contributed by atoms with Gasteiger partial charge in [-0.1, -0.05) is 6.07 Å². The second-order valence-electron chi connectivity index (χ2n) is 4.01. The smallest absolute Gasteiger partial charge is 0.173 e. The molecule has 1 aromatic carbocycles. The molecule has 0 aliphatic carbocycles. The third-order valence-electron chi connectivity index (χ3n) is 2.61. The van der Waals surface area contributed by atoms with Crippen molar-refractivity contribution in [2.45, 2.75) is 12.5 Å². The lowest BCUT2D eigenvalue weighted by atomic mass is 10.0. The molecule has 0 aliphatic rings. The summed E-state index contributed by atoms with van der Waals surface area (Å²) in [6, 6.07) is 2.37. The molecule has 96 valence electrons. The number of nitrogens with zero attached hydrogens (tertiary/aromatic N) is 2. The zero-order valence-electron chi connectivity index (χ0n) is 9.57. The van der Waals surface area contributed by atoms with E-state index in [4.69, 9.17) is 0 Å². The van der Waals surface area contributed by atoms with Crippen LogP contribution in [0.2, 0.25) is 0 Å². The number of aryl methyl sites for hydroxylation is 1. The van der Waals surface area contributed by atoms with Crippen molar-refractivity contribution < 1.29 is 13.9 Å². The SMILES string of the molecule is Cn1cc(CC(O)c2ccc(F)c(F)c2Br)cn1. The fraction of sp³-hybridized carbons (Fsp3) is 0.250. The molecule has 2 rings (SSSR count). The first kappa shape index (κ1) is 13.2. The summed E-state index contributed by atoms with van der Waals surface area (Å²) in [7, 11) is 1.77. The summed E-state index contributed by atoms with van der Waals surface area (Å²) in [5.74, 6) is -1.93. The van der Waals surface area contributed by atoms with Gasteiger partial charge in [0.05, 0.1) is 16.8 Å². The molecule has 1 atom stereocenters. The Morgan fingerprint density at radius 3 is 2.78 bits per heavy atom. The second kappa shape index (κ2) is 5.16. The highest BCUT2D eigenvalue weighted by atomic mass is 79.9. The maximum Gasteiger partial charge on any atom is 0.173 e. The highest BCUT2D eigenvalue weighted by Crippen LogP contribution is 2.29. The molecule has 0 fully saturated rings. The Labute approximate surface area is 111 Å². The topological polar surface area (TPSA) is 38.0 Å². The molecule has 6 heteroatoms. The van der Waals surface area contributed by atoms with Gasteiger partial charge in [-0.2, -0.15) is 5.10 Å². The third-order valence-corrected chi connectivity index (χ3v) is 3.42. The van der Waals surface area contributed by atoms with E-state index in [9.17, 15) is 13.9 Å². The maximum atomic E-state index is 13.3. The average molecular weight is 317 g/mol. The highest BCUT2D eigenvalue weighted by Gasteiger charge is 2.18. The van der Waals surface area contributed by atoms with Crippen LogP contribution in [0.25, 0.3) is 0 Å². The van der Waals surface area contributed by atoms with E-state index in [-0.39, 0.29) is 10.9 Å². The molecule has 0 spiro atoms. The summed E-state index contributed by atoms with van der Waals surface area (Å²) >= 11 is 2.95. The molecule has 1 unspecified atom stereocenters. The minimum Gasteiger partial charge on any atom is -0.388 e. The van der Waals surface area contributed by atoms with E-state index in [1.807, 2.05) is 0 Å². The number of aliphatic hydroxyl groups excluding tert-OH is 1. The zero-order chi connectivity index (χ0) is 13.3. The predicted octanol–water partition coefficient (Wildman–Crippen LogP) is 2.74. The van der Waals surface area contributed by atoms with Gasteiger partial charge in [0.1, 0.15) is 0 Å². The predicted molar refractivity (Wildman–Crippen MR) is 65.9 cm³/mol. The van der Waals surface area contributed by atoms with E-state index in [0.29, 0.717) is 5.56 Å². The van der Waals surface area contributed by atoms with Crippen LogP contribution in [-0.2, 0) is 13.5 Å². The normalized spacial score (nSPS) is 12.7. The number of benzene rings is 1. The zero-order valence-corrected chi connectivity index (χ0v) is 11.2. The summed E-state index contributed by atoms with van der Waals surface area (Å²) in [4.78, 5) is 0. The van der Waals surface area contributed by atoms with Gasteiger partial charge < -0.3 is 5.11 Å². The van der Waals surface area contributed by atoms with Crippen LogP contribution in [0.3, 0.4) is 0 Å². The summed E-state index contributed by atoms with van der Waals surface area (Å²) in [5.41, 5.74) is 1.14. The van der Waals surface area contributed by atoms with Crippen LogP contribution >= 0.6 is 15.9 Å². The molecule has 0 radical (unpaired) electrons. The summed E-state index contributed by atoms with van der Waals surface area (Å²) < 4.78 is 27.9. The Hall–Kier alpha value is -1.27. The first-order chi connectivity index (χ1) is 8.49. The lowest BCUT2D eigenvalue weighted by molar-refractivity contribution is 0.177. The molecule has 1 N–H and O–H groups in total. The molecule has 0 saturated heterocycles. The fourth-order valence-electron chi connectivity index (χ4n) is 1.71. The molecular formula is C12H11BrF2N2O. The summed E-state index contributed by atoms with van der Waals surface area (Å²) in [6.45, 7) is 0. The van der Waals surface area contributed by atoms with Crippen molar-refractivity contribution >= 4 is 15.9 Å². The molecule has 18 heavy (non-hydrogen) atoms. The van der Waals surface area contributed by atoms with Crippen LogP contribution in [0.1, 0.15) is 17.2 Å². The van der Waals surface area contributed by atoms with Crippen LogP contribution in [0.5, 0.6) is 0 Å². The minimum absolute atomic E-state index is 0.0427. The lowest BCUT2D eigenvalue weighted by Crippen LogP contribution is -2.04. The van der Waals surface area contributed by atoms with Crippen molar-refractivity contribution in [2.24, 2.45) is 7.05 Å². The Morgan fingerprint density at radius 1 is 1.44 bits per heavy atom. The van der Waals surface area contributed by atoms with Crippen molar-refractivity contribution in [3.05, 3.63) is 51.8 Å². The average Bonchev–Trinajstić information content (AvgIpc) is 2.71. The van der Waals surface area contributed by atoms with Crippen molar-refractivity contribution in [2.75, 3.05) is 0 Å². The van der Waals surface area contributed by atoms with Crippen LogP contribution in [0.4, 0.5) is 8.78 Å². The second-order valence-corrected chi connectivity index (χ2v) is 4.80. The van der Waals surface area contributed by atoms with Crippen LogP contribution in [0, 0.1) is 11.6 Å². The molecule has 3 nitrogen and oxygen atoms in total. The van der Waals surface area contributed by atoms with Gasteiger partial charge in [0.15, 0.2) is 11.6 Å². The Bertz CT molecular complexity index is 571. The molecular weight excluding hydrogens is 306 g/mol. The first-order valence-corrected chi connectivity index (χ1v) is 6.07. The van der Waals surface area contributed by atoms with Crippen molar-refractivity contribution in [1.82, 2.24) is 9.78 Å². The number of aromatic nitrogens is 2. The van der Waals surface area contributed by atoms with Crippen molar-refractivity contribution in [3.63, 3.8) is 0 Å². The van der Waals surface area contributed by atoms with E-state index in [1.54, 1.807) is 24.1 Å². The monoisotopic (exact) mass is 316 g/mol. The quantitative estimate of drug-likeness (QED) is 0.884. The van der Waals surface area contributed by atoms with Crippen molar-refractivity contribution in [3.8, 4) is 0 Å². The maximum absolute atomic E-state index is 13.3. The molecule has 0 bridgehead atoms. The molecule has 0 saturated carbocycles. The number of hydrogen-bond donors (Lipinski definition) is 1. The molecule has 0 amide bonds. The molecule has 1 aromatic heterocycles. The standard InChI is InChI=1S/C12H11BrF2N2O/c1-17-6-7(5-16-17)4-10(18)8-2-3-9(14)12(15)11(8)13/h2-3,5-6,10,18H,4H2,1H3.